The van der Waals surface area contributed by atoms with Crippen LogP contribution >= 0.6 is 15.9 Å². The van der Waals surface area contributed by atoms with E-state index in [1.165, 1.54) is 13.2 Å². The molecule has 2 rings (SSSR count). The molecule has 0 atom stereocenters. The summed E-state index contributed by atoms with van der Waals surface area (Å²) in [6.07, 6.45) is 0.683. The number of methoxy groups -OCH3 is 1. The van der Waals surface area contributed by atoms with Crippen molar-refractivity contribution in [2.24, 2.45) is 0 Å². The van der Waals surface area contributed by atoms with Crippen LogP contribution in [0, 0.1) is 0 Å². The summed E-state index contributed by atoms with van der Waals surface area (Å²) in [6, 6.07) is 4.52. The van der Waals surface area contributed by atoms with E-state index in [9.17, 15) is 13.2 Å². The van der Waals surface area contributed by atoms with Gasteiger partial charge in [0, 0.05) is 23.6 Å². The van der Waals surface area contributed by atoms with E-state index in [4.69, 9.17) is 9.47 Å². The van der Waals surface area contributed by atoms with Gasteiger partial charge in [0.15, 0.2) is 0 Å². The number of nitrogens with zero attached hydrogens (tertiary/aromatic N) is 1. The minimum atomic E-state index is -3.72. The first-order valence-electron chi connectivity index (χ1n) is 8.35. The molecule has 1 heterocycles. The zero-order chi connectivity index (χ0) is 19.5. The second-order valence-electron chi connectivity index (χ2n) is 7.16. The molecule has 1 N–H and O–H groups in total. The molecule has 26 heavy (non-hydrogen) atoms. The molecular weight excluding hydrogens is 424 g/mol. The lowest BCUT2D eigenvalue weighted by Crippen LogP contribution is -2.47. The molecule has 1 aromatic carbocycles. The molecule has 1 amide bonds. The van der Waals surface area contributed by atoms with Gasteiger partial charge in [-0.1, -0.05) is 15.9 Å². The Morgan fingerprint density at radius 2 is 1.88 bits per heavy atom. The molecule has 9 heteroatoms. The van der Waals surface area contributed by atoms with Crippen LogP contribution < -0.4 is 9.46 Å². The molecule has 0 aromatic heterocycles. The van der Waals surface area contributed by atoms with Gasteiger partial charge in [-0.2, -0.15) is 0 Å². The fourth-order valence-corrected chi connectivity index (χ4v) is 4.45. The van der Waals surface area contributed by atoms with Gasteiger partial charge in [0.05, 0.1) is 7.11 Å². The molecule has 0 aliphatic carbocycles. The number of likely N-dealkylation sites (tertiary alicyclic amines) is 1. The van der Waals surface area contributed by atoms with E-state index in [-0.39, 0.29) is 22.8 Å². The first-order valence-corrected chi connectivity index (χ1v) is 10.6. The van der Waals surface area contributed by atoms with Crippen molar-refractivity contribution in [3.8, 4) is 5.75 Å². The number of carbonyl (C=O) groups excluding carboxylic acids is 1. The van der Waals surface area contributed by atoms with Crippen molar-refractivity contribution in [3.63, 3.8) is 0 Å². The Balaban J connectivity index is 1.99. The molecule has 0 unspecified atom stereocenters. The second-order valence-corrected chi connectivity index (χ2v) is 9.76. The van der Waals surface area contributed by atoms with Crippen molar-refractivity contribution in [3.05, 3.63) is 22.7 Å². The Labute approximate surface area is 163 Å². The summed E-state index contributed by atoms with van der Waals surface area (Å²) in [5.41, 5.74) is -0.548. The fraction of sp³-hybridized carbons (Fsp3) is 0.588. The Morgan fingerprint density at radius 3 is 2.42 bits per heavy atom. The second kappa shape index (κ2) is 8.14. The van der Waals surface area contributed by atoms with E-state index in [1.807, 2.05) is 20.8 Å². The Kier molecular flexibility index (Phi) is 6.57. The molecule has 0 saturated carbocycles. The Morgan fingerprint density at radius 1 is 1.27 bits per heavy atom. The Bertz CT molecular complexity index is 753. The molecule has 7 nitrogen and oxygen atoms in total. The van der Waals surface area contributed by atoms with Crippen molar-refractivity contribution >= 4 is 32.0 Å². The zero-order valence-electron chi connectivity index (χ0n) is 15.4. The van der Waals surface area contributed by atoms with Gasteiger partial charge in [-0.05, 0) is 51.8 Å². The van der Waals surface area contributed by atoms with Crippen LogP contribution in [0.15, 0.2) is 27.6 Å². The maximum Gasteiger partial charge on any atom is 0.410 e. The SMILES string of the molecule is COc1cc(Br)ccc1S(=O)(=O)NC1CCN(C(=O)OC(C)(C)C)CC1. The predicted octanol–water partition coefficient (Wildman–Crippen LogP) is 3.14. The number of carbonyl (C=O) groups is 1. The molecule has 1 saturated heterocycles. The standard InChI is InChI=1S/C17H25BrN2O5S/c1-17(2,3)25-16(21)20-9-7-13(8-10-20)19-26(22,23)15-6-5-12(18)11-14(15)24-4/h5-6,11,13,19H,7-10H2,1-4H3. The molecule has 0 bridgehead atoms. The number of benzene rings is 1. The lowest BCUT2D eigenvalue weighted by atomic mass is 10.1. The summed E-state index contributed by atoms with van der Waals surface area (Å²) in [7, 11) is -2.29. The molecule has 146 valence electrons. The minimum absolute atomic E-state index is 0.0952. The number of nitrogens with one attached hydrogen (secondary N) is 1. The monoisotopic (exact) mass is 448 g/mol. The molecule has 1 aliphatic heterocycles. The van der Waals surface area contributed by atoms with Crippen molar-refractivity contribution in [1.82, 2.24) is 9.62 Å². The molecule has 1 aromatic rings. The average Bonchev–Trinajstić information content (AvgIpc) is 2.53. The van der Waals surface area contributed by atoms with E-state index in [1.54, 1.807) is 17.0 Å². The summed E-state index contributed by atoms with van der Waals surface area (Å²) in [5, 5.41) is 0. The fourth-order valence-electron chi connectivity index (χ4n) is 2.65. The minimum Gasteiger partial charge on any atom is -0.495 e. The van der Waals surface area contributed by atoms with Crippen LogP contribution in [0.5, 0.6) is 5.75 Å². The highest BCUT2D eigenvalue weighted by Gasteiger charge is 2.30. The number of sulfonamides is 1. The van der Waals surface area contributed by atoms with Crippen LogP contribution in [0.2, 0.25) is 0 Å². The third-order valence-corrected chi connectivity index (χ3v) is 5.94. The van der Waals surface area contributed by atoms with E-state index >= 15 is 0 Å². The average molecular weight is 449 g/mol. The van der Waals surface area contributed by atoms with Gasteiger partial charge in [-0.3, -0.25) is 0 Å². The van der Waals surface area contributed by atoms with Crippen LogP contribution in [0.25, 0.3) is 0 Å². The summed E-state index contributed by atoms with van der Waals surface area (Å²) < 4.78 is 39.3. The lowest BCUT2D eigenvalue weighted by molar-refractivity contribution is 0.0203. The number of rotatable bonds is 4. The highest BCUT2D eigenvalue weighted by Crippen LogP contribution is 2.28. The van der Waals surface area contributed by atoms with Crippen LogP contribution in [-0.4, -0.2) is 51.3 Å². The van der Waals surface area contributed by atoms with E-state index < -0.39 is 15.6 Å². The topological polar surface area (TPSA) is 84.9 Å². The number of amides is 1. The number of hydrogen-bond acceptors (Lipinski definition) is 5. The van der Waals surface area contributed by atoms with Gasteiger partial charge in [0.25, 0.3) is 0 Å². The normalized spacial score (nSPS) is 16.4. The first kappa shape index (κ1) is 21.0. The maximum absolute atomic E-state index is 12.7. The van der Waals surface area contributed by atoms with Crippen LogP contribution in [0.1, 0.15) is 33.6 Å². The van der Waals surface area contributed by atoms with Gasteiger partial charge in [0.2, 0.25) is 10.0 Å². The first-order chi connectivity index (χ1) is 12.0. The summed E-state index contributed by atoms with van der Waals surface area (Å²) in [6.45, 7) is 6.34. The highest BCUT2D eigenvalue weighted by atomic mass is 79.9. The van der Waals surface area contributed by atoms with Crippen molar-refractivity contribution in [2.45, 2.75) is 50.2 Å². The van der Waals surface area contributed by atoms with Crippen LogP contribution in [0.4, 0.5) is 4.79 Å². The van der Waals surface area contributed by atoms with Gasteiger partial charge in [0.1, 0.15) is 16.2 Å². The highest BCUT2D eigenvalue weighted by molar-refractivity contribution is 9.10. The van der Waals surface area contributed by atoms with Gasteiger partial charge in [-0.15, -0.1) is 0 Å². The predicted molar refractivity (Wildman–Crippen MR) is 102 cm³/mol. The third-order valence-electron chi connectivity index (χ3n) is 3.88. The smallest absolute Gasteiger partial charge is 0.410 e. The van der Waals surface area contributed by atoms with Crippen LogP contribution in [0.3, 0.4) is 0 Å². The lowest BCUT2D eigenvalue weighted by Gasteiger charge is -2.33. The third kappa shape index (κ3) is 5.59. The summed E-state index contributed by atoms with van der Waals surface area (Å²) >= 11 is 3.30. The van der Waals surface area contributed by atoms with E-state index in [0.29, 0.717) is 25.9 Å². The van der Waals surface area contributed by atoms with E-state index in [2.05, 4.69) is 20.7 Å². The number of piperidine rings is 1. The summed E-state index contributed by atoms with van der Waals surface area (Å²) in [4.78, 5) is 13.8. The molecule has 0 radical (unpaired) electrons. The number of hydrogen-bond donors (Lipinski definition) is 1. The maximum atomic E-state index is 12.7. The van der Waals surface area contributed by atoms with Crippen molar-refractivity contribution < 1.29 is 22.7 Å². The summed E-state index contributed by atoms with van der Waals surface area (Å²) in [5.74, 6) is 0.276. The Hall–Kier alpha value is -1.32. The molecule has 1 aliphatic rings. The molecular formula is C17H25BrN2O5S. The van der Waals surface area contributed by atoms with Crippen LogP contribution in [-0.2, 0) is 14.8 Å². The number of ether oxygens (including phenoxy) is 2. The quantitative estimate of drug-likeness (QED) is 0.764. The van der Waals surface area contributed by atoms with Gasteiger partial charge in [-0.25, -0.2) is 17.9 Å². The number of halogens is 1. The van der Waals surface area contributed by atoms with Crippen molar-refractivity contribution in [1.29, 1.82) is 0 Å². The van der Waals surface area contributed by atoms with E-state index in [0.717, 1.165) is 4.47 Å². The zero-order valence-corrected chi connectivity index (χ0v) is 17.8. The van der Waals surface area contributed by atoms with Gasteiger partial charge < -0.3 is 14.4 Å². The van der Waals surface area contributed by atoms with Crippen molar-refractivity contribution in [2.75, 3.05) is 20.2 Å². The largest absolute Gasteiger partial charge is 0.495 e. The van der Waals surface area contributed by atoms with Gasteiger partial charge >= 0.3 is 6.09 Å². The molecule has 0 spiro atoms. The molecule has 1 fully saturated rings.